The Morgan fingerprint density at radius 2 is 1.83 bits per heavy atom. The van der Waals surface area contributed by atoms with Gasteiger partial charge in [0.15, 0.2) is 11.5 Å². The van der Waals surface area contributed by atoms with Crippen LogP contribution in [-0.2, 0) is 14.8 Å². The Morgan fingerprint density at radius 3 is 2.50 bits per heavy atom. The molecule has 1 aliphatic rings. The lowest BCUT2D eigenvalue weighted by Gasteiger charge is -2.26. The smallest absolute Gasteiger partial charge is 0.241 e. The van der Waals surface area contributed by atoms with Gasteiger partial charge in [0.1, 0.15) is 6.54 Å². The molecule has 0 aliphatic carbocycles. The van der Waals surface area contributed by atoms with Gasteiger partial charge in [-0.3, -0.25) is 9.10 Å². The van der Waals surface area contributed by atoms with Gasteiger partial charge >= 0.3 is 0 Å². The number of amides is 1. The quantitative estimate of drug-likeness (QED) is 0.691. The molecule has 0 radical (unpaired) electrons. The number of sulfonamides is 1. The minimum Gasteiger partial charge on any atom is -0.454 e. The van der Waals surface area contributed by atoms with E-state index in [9.17, 15) is 13.2 Å². The average Bonchev–Trinajstić information content (AvgIpc) is 3.18. The van der Waals surface area contributed by atoms with E-state index in [4.69, 9.17) is 9.47 Å². The van der Waals surface area contributed by atoms with Crippen LogP contribution in [0, 0.1) is 13.8 Å². The summed E-state index contributed by atoms with van der Waals surface area (Å²) in [6, 6.07) is 10.8. The van der Waals surface area contributed by atoms with Crippen LogP contribution in [0.4, 0.5) is 5.69 Å². The number of aryl methyl sites for hydroxylation is 2. The van der Waals surface area contributed by atoms with Gasteiger partial charge in [-0.25, -0.2) is 8.42 Å². The highest BCUT2D eigenvalue weighted by Crippen LogP contribution is 2.36. The molecule has 162 valence electrons. The summed E-state index contributed by atoms with van der Waals surface area (Å²) in [7, 11) is -3.67. The van der Waals surface area contributed by atoms with Gasteiger partial charge in [0.2, 0.25) is 22.7 Å². The second kappa shape index (κ2) is 8.95. The Hall–Kier alpha value is -2.74. The van der Waals surface area contributed by atoms with E-state index >= 15 is 0 Å². The topological polar surface area (TPSA) is 84.9 Å². The third-order valence-corrected chi connectivity index (χ3v) is 6.92. The number of hydrogen-bond acceptors (Lipinski definition) is 5. The fraction of sp³-hybridized carbons (Fsp3) is 0.409. The van der Waals surface area contributed by atoms with Crippen LogP contribution in [0.1, 0.15) is 43.0 Å². The molecular weight excluding hydrogens is 404 g/mol. The van der Waals surface area contributed by atoms with Crippen molar-refractivity contribution in [2.75, 3.05) is 23.4 Å². The van der Waals surface area contributed by atoms with Crippen molar-refractivity contribution >= 4 is 21.6 Å². The Balaban J connectivity index is 1.83. The van der Waals surface area contributed by atoms with Crippen molar-refractivity contribution < 1.29 is 22.7 Å². The van der Waals surface area contributed by atoms with Crippen LogP contribution >= 0.6 is 0 Å². The normalized spacial score (nSPS) is 13.7. The molecule has 7 nitrogen and oxygen atoms in total. The first-order valence-electron chi connectivity index (χ1n) is 10.0. The van der Waals surface area contributed by atoms with Crippen LogP contribution in [0.3, 0.4) is 0 Å². The number of carbonyl (C=O) groups excluding carboxylic acids is 1. The van der Waals surface area contributed by atoms with Crippen molar-refractivity contribution in [2.24, 2.45) is 0 Å². The second-order valence-corrected chi connectivity index (χ2v) is 9.52. The van der Waals surface area contributed by atoms with E-state index in [0.717, 1.165) is 21.0 Å². The van der Waals surface area contributed by atoms with Crippen LogP contribution in [-0.4, -0.2) is 33.4 Å². The third kappa shape index (κ3) is 4.70. The first kappa shape index (κ1) is 22.0. The first-order chi connectivity index (χ1) is 14.2. The number of carbonyl (C=O) groups is 1. The lowest BCUT2D eigenvalue weighted by atomic mass is 9.97. The van der Waals surface area contributed by atoms with Gasteiger partial charge < -0.3 is 14.8 Å². The third-order valence-electron chi connectivity index (χ3n) is 5.18. The van der Waals surface area contributed by atoms with Crippen molar-refractivity contribution in [3.05, 3.63) is 53.1 Å². The molecule has 0 saturated heterocycles. The van der Waals surface area contributed by atoms with Gasteiger partial charge in [-0.2, -0.15) is 0 Å². The van der Waals surface area contributed by atoms with Crippen LogP contribution in [0.15, 0.2) is 36.4 Å². The second-order valence-electron chi connectivity index (χ2n) is 7.33. The summed E-state index contributed by atoms with van der Waals surface area (Å²) in [5.41, 5.74) is 3.65. The number of nitrogens with one attached hydrogen (secondary N) is 1. The molecule has 30 heavy (non-hydrogen) atoms. The van der Waals surface area contributed by atoms with E-state index < -0.39 is 10.0 Å². The SMILES string of the molecule is CC[C@H](NC(=O)CN(c1ccc2c(c1)OCO2)S(=O)(=O)CC)c1ccc(C)cc1C. The number of benzene rings is 2. The zero-order valence-electron chi connectivity index (χ0n) is 17.8. The fourth-order valence-corrected chi connectivity index (χ4v) is 4.59. The molecule has 3 rings (SSSR count). The largest absolute Gasteiger partial charge is 0.454 e. The van der Waals surface area contributed by atoms with Gasteiger partial charge in [0.25, 0.3) is 0 Å². The maximum absolute atomic E-state index is 12.9. The van der Waals surface area contributed by atoms with E-state index in [2.05, 4.69) is 11.4 Å². The number of nitrogens with zero attached hydrogens (tertiary/aromatic N) is 1. The molecular formula is C22H28N2O5S. The minimum absolute atomic E-state index is 0.0912. The van der Waals surface area contributed by atoms with E-state index in [1.165, 1.54) is 0 Å². The van der Waals surface area contributed by atoms with Crippen LogP contribution in [0.5, 0.6) is 11.5 Å². The van der Waals surface area contributed by atoms with E-state index in [1.54, 1.807) is 25.1 Å². The highest BCUT2D eigenvalue weighted by atomic mass is 32.2. The number of fused-ring (bicyclic) bond motifs is 1. The van der Waals surface area contributed by atoms with Crippen LogP contribution < -0.4 is 19.1 Å². The molecule has 0 aromatic heterocycles. The monoisotopic (exact) mass is 432 g/mol. The summed E-state index contributed by atoms with van der Waals surface area (Å²) in [6.45, 7) is 7.36. The number of hydrogen-bond donors (Lipinski definition) is 1. The molecule has 1 atom stereocenters. The van der Waals surface area contributed by atoms with Crippen molar-refractivity contribution in [1.82, 2.24) is 5.32 Å². The fourth-order valence-electron chi connectivity index (χ4n) is 3.53. The van der Waals surface area contributed by atoms with Crippen LogP contribution in [0.25, 0.3) is 0 Å². The molecule has 0 spiro atoms. The zero-order valence-corrected chi connectivity index (χ0v) is 18.6. The van der Waals surface area contributed by atoms with E-state index in [1.807, 2.05) is 32.9 Å². The predicted octanol–water partition coefficient (Wildman–Crippen LogP) is 3.46. The van der Waals surface area contributed by atoms with Gasteiger partial charge in [-0.1, -0.05) is 30.7 Å². The predicted molar refractivity (Wildman–Crippen MR) is 116 cm³/mol. The van der Waals surface area contributed by atoms with Crippen molar-refractivity contribution in [3.63, 3.8) is 0 Å². The summed E-state index contributed by atoms with van der Waals surface area (Å²) in [5, 5.41) is 2.99. The Morgan fingerprint density at radius 1 is 1.10 bits per heavy atom. The minimum atomic E-state index is -3.67. The van der Waals surface area contributed by atoms with E-state index in [-0.39, 0.29) is 31.0 Å². The molecule has 1 aliphatic heterocycles. The highest BCUT2D eigenvalue weighted by molar-refractivity contribution is 7.92. The lowest BCUT2D eigenvalue weighted by Crippen LogP contribution is -2.42. The van der Waals surface area contributed by atoms with Gasteiger partial charge in [0.05, 0.1) is 17.5 Å². The molecule has 1 amide bonds. The molecule has 0 bridgehead atoms. The average molecular weight is 433 g/mol. The summed E-state index contributed by atoms with van der Waals surface area (Å²) in [4.78, 5) is 12.9. The van der Waals surface area contributed by atoms with Crippen molar-refractivity contribution in [1.29, 1.82) is 0 Å². The summed E-state index contributed by atoms with van der Waals surface area (Å²) in [6.07, 6.45) is 0.695. The Kier molecular flexibility index (Phi) is 6.55. The van der Waals surface area contributed by atoms with E-state index in [0.29, 0.717) is 23.6 Å². The summed E-state index contributed by atoms with van der Waals surface area (Å²) >= 11 is 0. The molecule has 0 fully saturated rings. The number of anilines is 1. The van der Waals surface area contributed by atoms with Crippen molar-refractivity contribution in [3.8, 4) is 11.5 Å². The highest BCUT2D eigenvalue weighted by Gasteiger charge is 2.27. The van der Waals surface area contributed by atoms with Crippen molar-refractivity contribution in [2.45, 2.75) is 40.2 Å². The Bertz CT molecular complexity index is 1040. The number of rotatable bonds is 8. The van der Waals surface area contributed by atoms with Gasteiger partial charge in [0, 0.05) is 6.07 Å². The van der Waals surface area contributed by atoms with Gasteiger partial charge in [-0.15, -0.1) is 0 Å². The first-order valence-corrected chi connectivity index (χ1v) is 11.6. The Labute approximate surface area is 178 Å². The molecule has 0 unspecified atom stereocenters. The maximum atomic E-state index is 12.9. The summed E-state index contributed by atoms with van der Waals surface area (Å²) < 4.78 is 37.2. The standard InChI is InChI=1S/C22H28N2O5S/c1-5-19(18-9-7-15(3)11-16(18)4)23-22(25)13-24(30(26,27)6-2)17-8-10-20-21(12-17)29-14-28-20/h7-12,19H,5-6,13-14H2,1-4H3,(H,23,25)/t19-/m0/s1. The number of ether oxygens (including phenoxy) is 2. The molecule has 1 heterocycles. The lowest BCUT2D eigenvalue weighted by molar-refractivity contribution is -0.120. The maximum Gasteiger partial charge on any atom is 0.241 e. The van der Waals surface area contributed by atoms with Crippen LogP contribution in [0.2, 0.25) is 0 Å². The molecule has 8 heteroatoms. The molecule has 2 aromatic carbocycles. The summed E-state index contributed by atoms with van der Waals surface area (Å²) in [5.74, 6) is 0.531. The molecule has 1 N–H and O–H groups in total. The zero-order chi connectivity index (χ0) is 21.9. The molecule has 0 saturated carbocycles. The molecule has 2 aromatic rings. The van der Waals surface area contributed by atoms with Gasteiger partial charge in [-0.05, 0) is 50.5 Å².